The molecule has 0 aromatic heterocycles. The summed E-state index contributed by atoms with van der Waals surface area (Å²) in [5, 5.41) is 0. The molecule has 1 saturated heterocycles. The van der Waals surface area contributed by atoms with Gasteiger partial charge in [-0.25, -0.2) is 0 Å². The van der Waals surface area contributed by atoms with Gasteiger partial charge in [-0.2, -0.15) is 0 Å². The first-order chi connectivity index (χ1) is 6.71. The second-order valence-electron chi connectivity index (χ2n) is 4.33. The molecule has 0 amide bonds. The number of rotatable bonds is 0. The molecule has 1 saturated carbocycles. The Hall–Kier alpha value is -0.240. The van der Waals surface area contributed by atoms with Crippen molar-refractivity contribution >= 4 is 23.2 Å². The number of benzene rings is 1. The van der Waals surface area contributed by atoms with E-state index in [1.165, 1.54) is 11.1 Å². The van der Waals surface area contributed by atoms with Crippen LogP contribution in [0.1, 0.15) is 23.3 Å². The summed E-state index contributed by atoms with van der Waals surface area (Å²) in [6.07, 6.45) is 0.299. The molecule has 1 aliphatic carbocycles. The van der Waals surface area contributed by atoms with Crippen LogP contribution in [0.15, 0.2) is 24.3 Å². The van der Waals surface area contributed by atoms with Gasteiger partial charge in [0.05, 0.1) is 12.2 Å². The first kappa shape index (κ1) is 7.98. The van der Waals surface area contributed by atoms with E-state index in [0.717, 1.165) is 0 Å². The van der Waals surface area contributed by atoms with Gasteiger partial charge in [0.25, 0.3) is 0 Å². The lowest BCUT2D eigenvalue weighted by molar-refractivity contribution is 0.0373. The minimum Gasteiger partial charge on any atom is -0.365 e. The molecule has 2 heterocycles. The highest BCUT2D eigenvalue weighted by Crippen LogP contribution is 2.78. The molecule has 4 rings (SSSR count). The first-order valence-corrected chi connectivity index (χ1v) is 5.59. The summed E-state index contributed by atoms with van der Waals surface area (Å²) >= 11 is 12.4. The Balaban J connectivity index is 1.91. The fourth-order valence-electron chi connectivity index (χ4n) is 3.05. The van der Waals surface area contributed by atoms with Crippen LogP contribution in [0.2, 0.25) is 0 Å². The highest BCUT2D eigenvalue weighted by atomic mass is 35.5. The van der Waals surface area contributed by atoms with E-state index < -0.39 is 4.33 Å². The van der Waals surface area contributed by atoms with Crippen molar-refractivity contribution in [2.24, 2.45) is 11.8 Å². The summed E-state index contributed by atoms with van der Waals surface area (Å²) in [6.45, 7) is 0. The lowest BCUT2D eigenvalue weighted by Crippen LogP contribution is -2.05. The predicted molar refractivity (Wildman–Crippen MR) is 54.4 cm³/mol. The number of alkyl halides is 2. The minimum absolute atomic E-state index is 0.149. The molecule has 0 unspecified atom stereocenters. The van der Waals surface area contributed by atoms with Gasteiger partial charge in [-0.05, 0) is 11.1 Å². The molecule has 0 radical (unpaired) electrons. The molecule has 1 nitrogen and oxygen atoms in total. The van der Waals surface area contributed by atoms with Crippen LogP contribution >= 0.6 is 23.2 Å². The molecular weight excluding hydrogens is 219 g/mol. The van der Waals surface area contributed by atoms with Gasteiger partial charge in [0.2, 0.25) is 0 Å². The van der Waals surface area contributed by atoms with E-state index in [1.807, 2.05) is 12.1 Å². The van der Waals surface area contributed by atoms with Gasteiger partial charge in [0, 0.05) is 11.8 Å². The zero-order valence-corrected chi connectivity index (χ0v) is 8.79. The summed E-state index contributed by atoms with van der Waals surface area (Å²) in [6, 6.07) is 8.34. The van der Waals surface area contributed by atoms with Crippen LogP contribution in [0, 0.1) is 11.8 Å². The van der Waals surface area contributed by atoms with E-state index in [1.54, 1.807) is 0 Å². The number of hydrogen-bond acceptors (Lipinski definition) is 1. The van der Waals surface area contributed by atoms with Crippen LogP contribution in [-0.2, 0) is 4.74 Å². The van der Waals surface area contributed by atoms with Crippen LogP contribution in [0.4, 0.5) is 0 Å². The molecule has 4 atom stereocenters. The van der Waals surface area contributed by atoms with Crippen molar-refractivity contribution < 1.29 is 4.74 Å². The van der Waals surface area contributed by atoms with Gasteiger partial charge >= 0.3 is 0 Å². The predicted octanol–water partition coefficient (Wildman–Crippen LogP) is 3.23. The summed E-state index contributed by atoms with van der Waals surface area (Å²) in [5.74, 6) is 0.650. The number of halogens is 2. The largest absolute Gasteiger partial charge is 0.365 e. The standard InChI is InChI=1S/C11H8Cl2O/c12-11(13)7-8(11)10-6-4-2-1-3-5(6)9(7)14-10/h1-4,7-10H/t7-,8-,9-,10-/m0/s1. The van der Waals surface area contributed by atoms with E-state index in [9.17, 15) is 0 Å². The molecule has 14 heavy (non-hydrogen) atoms. The van der Waals surface area contributed by atoms with Gasteiger partial charge in [0.1, 0.15) is 4.33 Å². The van der Waals surface area contributed by atoms with Gasteiger partial charge in [-0.3, -0.25) is 0 Å². The molecule has 2 bridgehead atoms. The zero-order valence-electron chi connectivity index (χ0n) is 7.28. The van der Waals surface area contributed by atoms with Crippen LogP contribution in [0.3, 0.4) is 0 Å². The third kappa shape index (κ3) is 0.680. The average molecular weight is 227 g/mol. The zero-order chi connectivity index (χ0) is 9.50. The Morgan fingerprint density at radius 3 is 2.00 bits per heavy atom. The number of fused-ring (bicyclic) bond motifs is 8. The van der Waals surface area contributed by atoms with E-state index >= 15 is 0 Å². The minimum atomic E-state index is -0.535. The van der Waals surface area contributed by atoms with E-state index in [4.69, 9.17) is 27.9 Å². The van der Waals surface area contributed by atoms with Crippen LogP contribution in [0.25, 0.3) is 0 Å². The molecule has 3 aliphatic rings. The molecule has 1 aromatic rings. The Morgan fingerprint density at radius 1 is 1.00 bits per heavy atom. The van der Waals surface area contributed by atoms with E-state index in [-0.39, 0.29) is 12.2 Å². The second-order valence-corrected chi connectivity index (χ2v) is 5.78. The fraction of sp³-hybridized carbons (Fsp3) is 0.455. The van der Waals surface area contributed by atoms with Crippen molar-refractivity contribution in [3.05, 3.63) is 35.4 Å². The van der Waals surface area contributed by atoms with Crippen molar-refractivity contribution in [1.29, 1.82) is 0 Å². The first-order valence-electron chi connectivity index (χ1n) is 4.83. The second kappa shape index (κ2) is 2.13. The molecule has 3 heteroatoms. The Kier molecular flexibility index (Phi) is 1.22. The summed E-state index contributed by atoms with van der Waals surface area (Å²) in [4.78, 5) is 0. The van der Waals surface area contributed by atoms with Crippen LogP contribution in [0.5, 0.6) is 0 Å². The Morgan fingerprint density at radius 2 is 1.50 bits per heavy atom. The Labute approximate surface area is 92.0 Å². The molecule has 0 spiro atoms. The smallest absolute Gasteiger partial charge is 0.130 e. The summed E-state index contributed by atoms with van der Waals surface area (Å²) in [7, 11) is 0. The molecular formula is C11H8Cl2O. The highest BCUT2D eigenvalue weighted by molar-refractivity contribution is 6.51. The third-order valence-electron chi connectivity index (χ3n) is 3.72. The van der Waals surface area contributed by atoms with Crippen LogP contribution < -0.4 is 0 Å². The van der Waals surface area contributed by atoms with Crippen LogP contribution in [-0.4, -0.2) is 4.33 Å². The SMILES string of the molecule is ClC1(Cl)[C@H]2[C@H]1[C@H]1O[C@H]2c2ccccc21. The fourth-order valence-corrected chi connectivity index (χ4v) is 3.92. The summed E-state index contributed by atoms with van der Waals surface area (Å²) in [5.41, 5.74) is 2.59. The quantitative estimate of drug-likeness (QED) is 0.618. The molecule has 1 aromatic carbocycles. The highest BCUT2D eigenvalue weighted by Gasteiger charge is 2.77. The van der Waals surface area contributed by atoms with E-state index in [2.05, 4.69) is 12.1 Å². The van der Waals surface area contributed by atoms with Gasteiger partial charge in [-0.1, -0.05) is 24.3 Å². The maximum atomic E-state index is 6.21. The summed E-state index contributed by atoms with van der Waals surface area (Å²) < 4.78 is 5.34. The molecule has 2 aliphatic heterocycles. The van der Waals surface area contributed by atoms with Crippen molar-refractivity contribution in [3.63, 3.8) is 0 Å². The van der Waals surface area contributed by atoms with Gasteiger partial charge in [0.15, 0.2) is 0 Å². The van der Waals surface area contributed by atoms with Crippen molar-refractivity contribution in [2.75, 3.05) is 0 Å². The lowest BCUT2D eigenvalue weighted by Gasteiger charge is -2.11. The topological polar surface area (TPSA) is 9.23 Å². The maximum Gasteiger partial charge on any atom is 0.130 e. The molecule has 0 N–H and O–H groups in total. The van der Waals surface area contributed by atoms with Crippen molar-refractivity contribution in [1.82, 2.24) is 0 Å². The van der Waals surface area contributed by atoms with Crippen molar-refractivity contribution in [2.45, 2.75) is 16.5 Å². The average Bonchev–Trinajstić information content (AvgIpc) is 2.58. The molecule has 2 fully saturated rings. The molecule has 72 valence electrons. The number of ether oxygens (including phenoxy) is 1. The van der Waals surface area contributed by atoms with Gasteiger partial charge in [-0.15, -0.1) is 23.2 Å². The van der Waals surface area contributed by atoms with E-state index in [0.29, 0.717) is 11.8 Å². The maximum absolute atomic E-state index is 6.21. The monoisotopic (exact) mass is 226 g/mol. The normalized spacial score (nSPS) is 44.7. The van der Waals surface area contributed by atoms with Gasteiger partial charge < -0.3 is 4.74 Å². The third-order valence-corrected chi connectivity index (χ3v) is 4.73. The lowest BCUT2D eigenvalue weighted by atomic mass is 9.92. The Bertz CT molecular complexity index is 392. The van der Waals surface area contributed by atoms with Crippen molar-refractivity contribution in [3.8, 4) is 0 Å². The number of hydrogen-bond donors (Lipinski definition) is 0.